The molecule has 0 saturated carbocycles. The molecule has 0 bridgehead atoms. The van der Waals surface area contributed by atoms with Crippen molar-refractivity contribution in [1.29, 1.82) is 0 Å². The molecule has 0 aromatic carbocycles. The van der Waals surface area contributed by atoms with Crippen LogP contribution in [0, 0.1) is 5.92 Å². The highest BCUT2D eigenvalue weighted by molar-refractivity contribution is 7.99. The van der Waals surface area contributed by atoms with Crippen LogP contribution in [0.4, 0.5) is 0 Å². The van der Waals surface area contributed by atoms with E-state index in [4.69, 9.17) is 0 Å². The van der Waals surface area contributed by atoms with Gasteiger partial charge in [-0.3, -0.25) is 14.7 Å². The molecule has 0 aliphatic carbocycles. The molecular weight excluding hydrogens is 282 g/mol. The summed E-state index contributed by atoms with van der Waals surface area (Å²) in [7, 11) is 0. The molecule has 1 aliphatic rings. The van der Waals surface area contributed by atoms with Crippen LogP contribution in [0.15, 0.2) is 24.5 Å². The van der Waals surface area contributed by atoms with Crippen LogP contribution >= 0.6 is 11.8 Å². The molecule has 1 amide bonds. The lowest BCUT2D eigenvalue weighted by molar-refractivity contribution is -0.119. The zero-order valence-electron chi connectivity index (χ0n) is 12.9. The molecule has 1 N–H and O–H groups in total. The summed E-state index contributed by atoms with van der Waals surface area (Å²) in [5.74, 6) is 1.29. The minimum atomic E-state index is 0.166. The number of likely N-dealkylation sites (tertiary alicyclic amines) is 1. The highest BCUT2D eigenvalue weighted by Crippen LogP contribution is 2.23. The van der Waals surface area contributed by atoms with Gasteiger partial charge in [-0.1, -0.05) is 13.3 Å². The Morgan fingerprint density at radius 2 is 2.19 bits per heavy atom. The third kappa shape index (κ3) is 5.00. The number of carbonyl (C=O) groups is 1. The minimum absolute atomic E-state index is 0.166. The van der Waals surface area contributed by atoms with E-state index in [0.29, 0.717) is 17.7 Å². The van der Waals surface area contributed by atoms with Crippen molar-refractivity contribution in [3.05, 3.63) is 30.1 Å². The predicted octanol–water partition coefficient (Wildman–Crippen LogP) is 2.16. The van der Waals surface area contributed by atoms with Crippen LogP contribution < -0.4 is 5.32 Å². The molecule has 2 atom stereocenters. The van der Waals surface area contributed by atoms with Gasteiger partial charge in [0.1, 0.15) is 0 Å². The Morgan fingerprint density at radius 3 is 2.86 bits per heavy atom. The molecule has 0 radical (unpaired) electrons. The van der Waals surface area contributed by atoms with Gasteiger partial charge in [0.05, 0.1) is 5.75 Å². The standard InChI is InChI=1S/C16H25N3OS/c1-3-4-14-10-19(9-13-5-7-17-8-6-13)11-15(14)18-16(20)12-21-2/h5-8,14-15H,3-4,9-12H2,1-2H3,(H,18,20)/t14-,15-/m1/s1. The summed E-state index contributed by atoms with van der Waals surface area (Å²) in [6.07, 6.45) is 7.99. The monoisotopic (exact) mass is 307 g/mol. The lowest BCUT2D eigenvalue weighted by Gasteiger charge is -2.19. The topological polar surface area (TPSA) is 45.2 Å². The van der Waals surface area contributed by atoms with Crippen LogP contribution in [-0.2, 0) is 11.3 Å². The van der Waals surface area contributed by atoms with Gasteiger partial charge in [0.15, 0.2) is 0 Å². The molecule has 2 rings (SSSR count). The van der Waals surface area contributed by atoms with Gasteiger partial charge >= 0.3 is 0 Å². The van der Waals surface area contributed by atoms with Crippen LogP contribution in [0.5, 0.6) is 0 Å². The number of pyridine rings is 1. The summed E-state index contributed by atoms with van der Waals surface area (Å²) >= 11 is 1.58. The van der Waals surface area contributed by atoms with Crippen molar-refractivity contribution in [2.24, 2.45) is 5.92 Å². The fraction of sp³-hybridized carbons (Fsp3) is 0.625. The maximum absolute atomic E-state index is 11.9. The Hall–Kier alpha value is -1.07. The molecule has 5 heteroatoms. The van der Waals surface area contributed by atoms with Crippen molar-refractivity contribution in [3.63, 3.8) is 0 Å². The SMILES string of the molecule is CCC[C@@H]1CN(Cc2ccncc2)C[C@H]1NC(=O)CSC. The summed E-state index contributed by atoms with van der Waals surface area (Å²) in [6, 6.07) is 4.43. The van der Waals surface area contributed by atoms with Crippen LogP contribution in [-0.4, -0.2) is 46.9 Å². The summed E-state index contributed by atoms with van der Waals surface area (Å²) in [6.45, 7) is 5.18. The molecule has 1 aliphatic heterocycles. The van der Waals surface area contributed by atoms with E-state index in [1.165, 1.54) is 18.4 Å². The number of hydrogen-bond donors (Lipinski definition) is 1. The van der Waals surface area contributed by atoms with Crippen LogP contribution in [0.1, 0.15) is 25.3 Å². The molecular formula is C16H25N3OS. The Labute approximate surface area is 131 Å². The second kappa shape index (κ2) is 8.39. The first-order valence-electron chi connectivity index (χ1n) is 7.62. The van der Waals surface area contributed by atoms with Crippen molar-refractivity contribution in [3.8, 4) is 0 Å². The first-order valence-corrected chi connectivity index (χ1v) is 9.01. The number of nitrogens with one attached hydrogen (secondary N) is 1. The van der Waals surface area contributed by atoms with Crippen molar-refractivity contribution < 1.29 is 4.79 Å². The fourth-order valence-corrected chi connectivity index (χ4v) is 3.39. The summed E-state index contributed by atoms with van der Waals surface area (Å²) in [5.41, 5.74) is 1.29. The summed E-state index contributed by atoms with van der Waals surface area (Å²) < 4.78 is 0. The average Bonchev–Trinajstić information content (AvgIpc) is 2.82. The Morgan fingerprint density at radius 1 is 1.43 bits per heavy atom. The van der Waals surface area contributed by atoms with Crippen LogP contribution in [0.2, 0.25) is 0 Å². The minimum Gasteiger partial charge on any atom is -0.351 e. The fourth-order valence-electron chi connectivity index (χ4n) is 3.04. The average molecular weight is 307 g/mol. The van der Waals surface area contributed by atoms with Gasteiger partial charge in [0, 0.05) is 38.1 Å². The number of nitrogens with zero attached hydrogens (tertiary/aromatic N) is 2. The van der Waals surface area contributed by atoms with E-state index in [2.05, 4.69) is 34.3 Å². The molecule has 116 valence electrons. The third-order valence-electron chi connectivity index (χ3n) is 3.95. The first-order chi connectivity index (χ1) is 10.2. The molecule has 1 fully saturated rings. The van der Waals surface area contributed by atoms with Crippen molar-refractivity contribution in [2.45, 2.75) is 32.4 Å². The number of rotatable bonds is 7. The second-order valence-electron chi connectivity index (χ2n) is 5.71. The number of aromatic nitrogens is 1. The zero-order chi connectivity index (χ0) is 15.1. The van der Waals surface area contributed by atoms with E-state index in [9.17, 15) is 4.79 Å². The van der Waals surface area contributed by atoms with Crippen molar-refractivity contribution in [1.82, 2.24) is 15.2 Å². The van der Waals surface area contributed by atoms with E-state index in [0.717, 1.165) is 19.6 Å². The van der Waals surface area contributed by atoms with Gasteiger partial charge in [-0.05, 0) is 36.3 Å². The van der Waals surface area contributed by atoms with E-state index in [1.54, 1.807) is 11.8 Å². The van der Waals surface area contributed by atoms with Gasteiger partial charge in [-0.15, -0.1) is 0 Å². The van der Waals surface area contributed by atoms with Crippen molar-refractivity contribution in [2.75, 3.05) is 25.1 Å². The van der Waals surface area contributed by atoms with Crippen LogP contribution in [0.3, 0.4) is 0 Å². The van der Waals surface area contributed by atoms with E-state index in [-0.39, 0.29) is 5.91 Å². The molecule has 21 heavy (non-hydrogen) atoms. The number of thioether (sulfide) groups is 1. The lowest BCUT2D eigenvalue weighted by Crippen LogP contribution is -2.41. The van der Waals surface area contributed by atoms with Crippen molar-refractivity contribution >= 4 is 17.7 Å². The normalized spacial score (nSPS) is 22.4. The zero-order valence-corrected chi connectivity index (χ0v) is 13.7. The molecule has 0 spiro atoms. The van der Waals surface area contributed by atoms with Gasteiger partial charge in [0.2, 0.25) is 5.91 Å². The largest absolute Gasteiger partial charge is 0.351 e. The smallest absolute Gasteiger partial charge is 0.230 e. The maximum Gasteiger partial charge on any atom is 0.230 e. The predicted molar refractivity (Wildman–Crippen MR) is 88.2 cm³/mol. The van der Waals surface area contributed by atoms with Gasteiger partial charge < -0.3 is 5.32 Å². The highest BCUT2D eigenvalue weighted by atomic mass is 32.2. The number of carbonyl (C=O) groups excluding carboxylic acids is 1. The Balaban J connectivity index is 1.92. The lowest BCUT2D eigenvalue weighted by atomic mass is 9.98. The molecule has 1 aromatic heterocycles. The highest BCUT2D eigenvalue weighted by Gasteiger charge is 2.32. The molecule has 0 unspecified atom stereocenters. The molecule has 1 aromatic rings. The van der Waals surface area contributed by atoms with E-state index in [1.807, 2.05) is 18.6 Å². The van der Waals surface area contributed by atoms with E-state index >= 15 is 0 Å². The summed E-state index contributed by atoms with van der Waals surface area (Å²) in [4.78, 5) is 18.4. The van der Waals surface area contributed by atoms with Crippen LogP contribution in [0.25, 0.3) is 0 Å². The quantitative estimate of drug-likeness (QED) is 0.838. The molecule has 2 heterocycles. The maximum atomic E-state index is 11.9. The first kappa shape index (κ1) is 16.3. The Kier molecular flexibility index (Phi) is 6.51. The Bertz CT molecular complexity index is 440. The van der Waals surface area contributed by atoms with Gasteiger partial charge in [-0.2, -0.15) is 11.8 Å². The summed E-state index contributed by atoms with van der Waals surface area (Å²) in [5, 5.41) is 3.22. The van der Waals surface area contributed by atoms with E-state index < -0.39 is 0 Å². The second-order valence-corrected chi connectivity index (χ2v) is 6.57. The molecule has 1 saturated heterocycles. The molecule has 4 nitrogen and oxygen atoms in total. The number of hydrogen-bond acceptors (Lipinski definition) is 4. The van der Waals surface area contributed by atoms with Gasteiger partial charge in [-0.25, -0.2) is 0 Å². The third-order valence-corrected chi connectivity index (χ3v) is 4.50. The van der Waals surface area contributed by atoms with Gasteiger partial charge in [0.25, 0.3) is 0 Å². The number of amides is 1.